The summed E-state index contributed by atoms with van der Waals surface area (Å²) in [5.41, 5.74) is 1.70. The van der Waals surface area contributed by atoms with E-state index in [0.29, 0.717) is 24.3 Å². The summed E-state index contributed by atoms with van der Waals surface area (Å²) in [6.07, 6.45) is 33.3. The molecule has 0 bridgehead atoms. The quantitative estimate of drug-likeness (QED) is 0.0592. The Bertz CT molecular complexity index is 1940. The van der Waals surface area contributed by atoms with Gasteiger partial charge in [-0.1, -0.05) is 80.2 Å². The first-order valence-electron chi connectivity index (χ1n) is 20.1. The van der Waals surface area contributed by atoms with Crippen LogP contribution in [0.1, 0.15) is 88.8 Å². The van der Waals surface area contributed by atoms with Crippen LogP contribution < -0.4 is 15.2 Å². The van der Waals surface area contributed by atoms with E-state index in [9.17, 15) is 9.59 Å². The third-order valence-electron chi connectivity index (χ3n) is 9.86. The number of rotatable bonds is 22. The van der Waals surface area contributed by atoms with Crippen LogP contribution in [0.2, 0.25) is 0 Å². The number of thiophene rings is 1. The van der Waals surface area contributed by atoms with Crippen molar-refractivity contribution in [3.05, 3.63) is 131 Å². The minimum absolute atomic E-state index is 0.148. The molecule has 286 valence electrons. The summed E-state index contributed by atoms with van der Waals surface area (Å²) in [7, 11) is 0. The van der Waals surface area contributed by atoms with Gasteiger partial charge in [0.25, 0.3) is 5.56 Å². The highest BCUT2D eigenvalue weighted by molar-refractivity contribution is 7.17. The fraction of sp³-hybridized carbons (Fsp3) is 0.404. The molecular weight excluding hydrogens is 687 g/mol. The molecule has 0 atom stereocenters. The van der Waals surface area contributed by atoms with Crippen molar-refractivity contribution in [2.45, 2.75) is 84.0 Å². The number of anilines is 1. The van der Waals surface area contributed by atoms with Crippen molar-refractivity contribution < 1.29 is 9.53 Å². The number of carbonyl (C=O) groups is 1. The predicted octanol–water partition coefficient (Wildman–Crippen LogP) is 11.5. The molecule has 1 aliphatic rings. The van der Waals surface area contributed by atoms with Crippen molar-refractivity contribution in [3.63, 3.8) is 0 Å². The van der Waals surface area contributed by atoms with E-state index in [1.165, 1.54) is 26.4 Å². The molecule has 1 aliphatic heterocycles. The maximum absolute atomic E-state index is 13.3. The third-order valence-corrected chi connectivity index (χ3v) is 10.7. The standard InChI is InChI=1S/C47H59N3O3S/c1-2-3-4-5-6-7-8-9-10-11-12-13-14-15-16-17-18-19-20-26-46(51)50-44-39-41(29-27-40(44)28-30-47(50)52)53-37-22-21-32-48-33-35-49(36-34-48)43-24-23-25-45-42(43)31-38-54-45/h3-4,6-7,9-10,12-13,15-16,23-25,27-31,38-39H,2,5,8,11,14,17-22,26,32-37H2,1H3. The number of ether oxygens (including phenoxy) is 1. The Morgan fingerprint density at radius 3 is 2.19 bits per heavy atom. The lowest BCUT2D eigenvalue weighted by Crippen LogP contribution is -2.46. The van der Waals surface area contributed by atoms with Crippen LogP contribution in [0, 0.1) is 0 Å². The maximum atomic E-state index is 13.3. The van der Waals surface area contributed by atoms with Crippen molar-refractivity contribution in [2.24, 2.45) is 0 Å². The van der Waals surface area contributed by atoms with E-state index in [1.54, 1.807) is 6.07 Å². The Balaban J connectivity index is 0.950. The molecule has 4 aromatic rings. The zero-order valence-corrected chi connectivity index (χ0v) is 33.1. The number of piperazine rings is 1. The van der Waals surface area contributed by atoms with Crippen LogP contribution in [-0.4, -0.2) is 54.7 Å². The minimum Gasteiger partial charge on any atom is -0.494 e. The molecule has 2 aromatic carbocycles. The summed E-state index contributed by atoms with van der Waals surface area (Å²) in [5.74, 6) is 0.549. The molecule has 7 heteroatoms. The van der Waals surface area contributed by atoms with Crippen LogP contribution in [0.4, 0.5) is 5.69 Å². The topological polar surface area (TPSA) is 54.8 Å². The van der Waals surface area contributed by atoms with Gasteiger partial charge in [0, 0.05) is 60.5 Å². The van der Waals surface area contributed by atoms with Gasteiger partial charge < -0.3 is 9.64 Å². The van der Waals surface area contributed by atoms with Gasteiger partial charge >= 0.3 is 0 Å². The van der Waals surface area contributed by atoms with Crippen LogP contribution in [0.5, 0.6) is 5.75 Å². The molecule has 0 spiro atoms. The number of benzene rings is 2. The Hall–Kier alpha value is -4.46. The summed E-state index contributed by atoms with van der Waals surface area (Å²) < 4.78 is 8.81. The van der Waals surface area contributed by atoms with E-state index in [1.807, 2.05) is 29.5 Å². The molecule has 0 N–H and O–H groups in total. The molecule has 1 fully saturated rings. The summed E-state index contributed by atoms with van der Waals surface area (Å²) >= 11 is 1.81. The van der Waals surface area contributed by atoms with Gasteiger partial charge in [0.05, 0.1) is 12.1 Å². The second-order valence-electron chi connectivity index (χ2n) is 13.9. The molecule has 54 heavy (non-hydrogen) atoms. The molecular formula is C47H59N3O3S. The molecule has 6 nitrogen and oxygen atoms in total. The van der Waals surface area contributed by atoms with Gasteiger partial charge in [0.15, 0.2) is 0 Å². The number of fused-ring (bicyclic) bond motifs is 2. The highest BCUT2D eigenvalue weighted by Gasteiger charge is 2.18. The monoisotopic (exact) mass is 745 g/mol. The summed E-state index contributed by atoms with van der Waals surface area (Å²) in [5, 5.41) is 4.41. The van der Waals surface area contributed by atoms with E-state index in [2.05, 4.69) is 107 Å². The number of allylic oxidation sites excluding steroid dienone is 10. The molecule has 0 aliphatic carbocycles. The first-order valence-corrected chi connectivity index (χ1v) is 21.0. The van der Waals surface area contributed by atoms with Gasteiger partial charge in [-0.2, -0.15) is 0 Å². The predicted molar refractivity (Wildman–Crippen MR) is 232 cm³/mol. The lowest BCUT2D eigenvalue weighted by molar-refractivity contribution is 0.0900. The zero-order chi connectivity index (χ0) is 37.6. The average molecular weight is 746 g/mol. The van der Waals surface area contributed by atoms with Gasteiger partial charge in [0.1, 0.15) is 5.75 Å². The Morgan fingerprint density at radius 1 is 0.741 bits per heavy atom. The molecule has 1 saturated heterocycles. The Labute approximate surface area is 326 Å². The number of carbonyl (C=O) groups excluding carboxylic acids is 1. The lowest BCUT2D eigenvalue weighted by Gasteiger charge is -2.36. The second kappa shape index (κ2) is 23.4. The van der Waals surface area contributed by atoms with Crippen molar-refractivity contribution in [1.29, 1.82) is 0 Å². The van der Waals surface area contributed by atoms with Crippen LogP contribution in [-0.2, 0) is 0 Å². The normalized spacial score (nSPS) is 14.4. The molecule has 2 aromatic heterocycles. The van der Waals surface area contributed by atoms with E-state index in [0.717, 1.165) is 109 Å². The Morgan fingerprint density at radius 2 is 1.44 bits per heavy atom. The summed E-state index contributed by atoms with van der Waals surface area (Å²) in [6, 6.07) is 17.9. The van der Waals surface area contributed by atoms with E-state index in [4.69, 9.17) is 4.74 Å². The highest BCUT2D eigenvalue weighted by atomic mass is 32.1. The van der Waals surface area contributed by atoms with Gasteiger partial charge in [-0.05, 0) is 118 Å². The third kappa shape index (κ3) is 13.1. The number of hydrogen-bond donors (Lipinski definition) is 0. The molecule has 0 radical (unpaired) electrons. The molecule has 0 saturated carbocycles. The number of unbranched alkanes of at least 4 members (excludes halogenated alkanes) is 4. The van der Waals surface area contributed by atoms with Crippen LogP contribution >= 0.6 is 11.3 Å². The van der Waals surface area contributed by atoms with Crippen LogP contribution in [0.15, 0.2) is 126 Å². The average Bonchev–Trinajstić information content (AvgIpc) is 3.68. The number of nitrogens with zero attached hydrogens (tertiary/aromatic N) is 3. The van der Waals surface area contributed by atoms with Crippen molar-refractivity contribution in [3.8, 4) is 5.75 Å². The number of hydrogen-bond acceptors (Lipinski definition) is 6. The fourth-order valence-electron chi connectivity index (χ4n) is 6.85. The Kier molecular flexibility index (Phi) is 17.6. The largest absolute Gasteiger partial charge is 0.494 e. The van der Waals surface area contributed by atoms with Crippen molar-refractivity contribution >= 4 is 43.9 Å². The first-order chi connectivity index (χ1) is 26.6. The van der Waals surface area contributed by atoms with Gasteiger partial charge in [-0.3, -0.25) is 14.5 Å². The van der Waals surface area contributed by atoms with E-state index >= 15 is 0 Å². The molecule has 3 heterocycles. The van der Waals surface area contributed by atoms with Crippen molar-refractivity contribution in [1.82, 2.24) is 9.47 Å². The van der Waals surface area contributed by atoms with Gasteiger partial charge in [-0.15, -0.1) is 11.3 Å². The minimum atomic E-state index is -0.282. The maximum Gasteiger partial charge on any atom is 0.257 e. The second-order valence-corrected chi connectivity index (χ2v) is 14.9. The van der Waals surface area contributed by atoms with Gasteiger partial charge in [0.2, 0.25) is 5.91 Å². The first kappa shape index (κ1) is 40.7. The van der Waals surface area contributed by atoms with Crippen molar-refractivity contribution in [2.75, 3.05) is 44.2 Å². The van der Waals surface area contributed by atoms with E-state index in [-0.39, 0.29) is 11.5 Å². The smallest absolute Gasteiger partial charge is 0.257 e. The summed E-state index contributed by atoms with van der Waals surface area (Å²) in [4.78, 5) is 31.2. The van der Waals surface area contributed by atoms with E-state index < -0.39 is 0 Å². The molecule has 0 amide bonds. The highest BCUT2D eigenvalue weighted by Crippen LogP contribution is 2.31. The lowest BCUT2D eigenvalue weighted by atomic mass is 10.1. The van der Waals surface area contributed by atoms with Crippen LogP contribution in [0.3, 0.4) is 0 Å². The number of pyridine rings is 1. The fourth-order valence-corrected chi connectivity index (χ4v) is 7.66. The molecule has 5 rings (SSSR count). The number of aromatic nitrogens is 1. The SMILES string of the molecule is CCC=CCC=CCC=CCC=CCC=CCCCCCC(=O)n1c(=O)ccc2ccc(OCCCCN3CCN(c4cccc5sccc45)CC3)cc21. The molecule has 0 unspecified atom stereocenters. The van der Waals surface area contributed by atoms with Gasteiger partial charge in [-0.25, -0.2) is 4.57 Å². The van der Waals surface area contributed by atoms with Crippen LogP contribution in [0.25, 0.3) is 21.0 Å². The summed E-state index contributed by atoms with van der Waals surface area (Å²) in [6.45, 7) is 8.07. The zero-order valence-electron chi connectivity index (χ0n) is 32.2.